The maximum Gasteiger partial charge on any atom is 0.487 e. The van der Waals surface area contributed by atoms with Gasteiger partial charge in [0.1, 0.15) is 5.75 Å². The summed E-state index contributed by atoms with van der Waals surface area (Å²) in [6.07, 6.45) is 0. The first kappa shape index (κ1) is 8.27. The number of hydrogen-bond acceptors (Lipinski definition) is 1. The van der Waals surface area contributed by atoms with E-state index in [1.807, 2.05) is 0 Å². The second kappa shape index (κ2) is 3.05. The quantitative estimate of drug-likeness (QED) is 0.631. The van der Waals surface area contributed by atoms with Gasteiger partial charge in [-0.2, -0.15) is 0 Å². The van der Waals surface area contributed by atoms with Crippen molar-refractivity contribution in [2.45, 2.75) is 5.57 Å². The molecule has 1 aromatic carbocycles. The lowest BCUT2D eigenvalue weighted by Crippen LogP contribution is -2.15. The molecule has 1 rings (SSSR count). The van der Waals surface area contributed by atoms with Crippen molar-refractivity contribution in [1.29, 1.82) is 0 Å². The highest BCUT2D eigenvalue weighted by Crippen LogP contribution is 2.23. The van der Waals surface area contributed by atoms with Crippen LogP contribution in [0.1, 0.15) is 0 Å². The van der Waals surface area contributed by atoms with E-state index in [1.54, 1.807) is 12.1 Å². The van der Waals surface area contributed by atoms with E-state index < -0.39 is 5.57 Å². The molecule has 0 heterocycles. The first-order valence-electron chi connectivity index (χ1n) is 2.80. The van der Waals surface area contributed by atoms with Gasteiger partial charge in [0.15, 0.2) is 0 Å². The van der Waals surface area contributed by atoms with Crippen molar-refractivity contribution in [2.75, 3.05) is 0 Å². The molecule has 0 bridgehead atoms. The second-order valence-corrected chi connectivity index (χ2v) is 2.21. The van der Waals surface area contributed by atoms with Crippen molar-refractivity contribution >= 4 is 11.6 Å². The Bertz CT molecular complexity index is 220. The summed E-state index contributed by atoms with van der Waals surface area (Å²) in [5.74, 6) is -0.0764. The summed E-state index contributed by atoms with van der Waals surface area (Å²) in [5, 5.41) is 0. The fourth-order valence-electron chi connectivity index (χ4n) is 0.565. The predicted molar refractivity (Wildman–Crippen MR) is 36.7 cm³/mol. The zero-order valence-electron chi connectivity index (χ0n) is 5.35. The summed E-state index contributed by atoms with van der Waals surface area (Å²) >= 11 is 4.49. The Labute approximate surface area is 67.5 Å². The van der Waals surface area contributed by atoms with Crippen LogP contribution in [0.2, 0.25) is 0 Å². The van der Waals surface area contributed by atoms with Crippen LogP contribution in [0.3, 0.4) is 0 Å². The van der Waals surface area contributed by atoms with Crippen molar-refractivity contribution in [3.63, 3.8) is 0 Å². The highest BCUT2D eigenvalue weighted by atomic mass is 35.5. The van der Waals surface area contributed by atoms with E-state index in [0.717, 1.165) is 0 Å². The van der Waals surface area contributed by atoms with Crippen molar-refractivity contribution in [2.24, 2.45) is 0 Å². The molecule has 1 nitrogen and oxygen atoms in total. The molecule has 0 aliphatic carbocycles. The van der Waals surface area contributed by atoms with E-state index in [4.69, 9.17) is 0 Å². The third-order valence-corrected chi connectivity index (χ3v) is 0.983. The van der Waals surface area contributed by atoms with Crippen LogP contribution >= 0.6 is 11.6 Å². The lowest BCUT2D eigenvalue weighted by Gasteiger charge is -2.08. The van der Waals surface area contributed by atoms with Crippen LogP contribution < -0.4 is 4.74 Å². The van der Waals surface area contributed by atoms with Gasteiger partial charge in [0.05, 0.1) is 0 Å². The Balaban J connectivity index is 2.66. The first-order valence-corrected chi connectivity index (χ1v) is 3.18. The molecule has 1 aromatic rings. The van der Waals surface area contributed by atoms with E-state index in [-0.39, 0.29) is 5.75 Å². The maximum atomic E-state index is 11.9. The average Bonchev–Trinajstić information content (AvgIpc) is 1.85. The van der Waals surface area contributed by atoms with Crippen molar-refractivity contribution in [3.8, 4) is 5.75 Å². The van der Waals surface area contributed by atoms with Crippen molar-refractivity contribution < 1.29 is 13.5 Å². The van der Waals surface area contributed by atoms with Crippen LogP contribution in [0.4, 0.5) is 8.78 Å². The number of para-hydroxylation sites is 1. The first-order chi connectivity index (χ1) is 5.08. The molecule has 0 saturated heterocycles. The van der Waals surface area contributed by atoms with E-state index in [1.165, 1.54) is 12.1 Å². The molecule has 1 radical (unpaired) electrons. The van der Waals surface area contributed by atoms with Crippen LogP contribution in [0.15, 0.2) is 24.3 Å². The average molecular weight is 178 g/mol. The molecule has 0 saturated carbocycles. The number of halogens is 3. The van der Waals surface area contributed by atoms with Gasteiger partial charge < -0.3 is 4.74 Å². The van der Waals surface area contributed by atoms with Crippen LogP contribution in [0, 0.1) is 6.07 Å². The van der Waals surface area contributed by atoms with Gasteiger partial charge in [-0.05, 0) is 6.07 Å². The molecule has 0 N–H and O–H groups in total. The molecule has 0 aliphatic heterocycles. The van der Waals surface area contributed by atoms with Crippen molar-refractivity contribution in [1.82, 2.24) is 0 Å². The minimum absolute atomic E-state index is 0.0764. The third kappa shape index (κ3) is 3.18. The Morgan fingerprint density at radius 2 is 2.18 bits per heavy atom. The molecular weight excluding hydrogens is 174 g/mol. The Hall–Kier alpha value is -0.830. The van der Waals surface area contributed by atoms with E-state index >= 15 is 0 Å². The third-order valence-electron chi connectivity index (χ3n) is 0.906. The number of alkyl halides is 3. The minimum atomic E-state index is -3.65. The molecule has 0 spiro atoms. The molecule has 0 aliphatic rings. The normalized spacial score (nSPS) is 11.2. The number of ether oxygens (including phenoxy) is 1. The number of hydrogen-bond donors (Lipinski definition) is 0. The molecule has 0 aromatic heterocycles. The largest absolute Gasteiger partial charge is 0.487 e. The molecule has 0 atom stereocenters. The highest BCUT2D eigenvalue weighted by Gasteiger charge is 2.27. The summed E-state index contributed by atoms with van der Waals surface area (Å²) in [7, 11) is 0. The topological polar surface area (TPSA) is 9.23 Å². The highest BCUT2D eigenvalue weighted by molar-refractivity contribution is 6.20. The minimum Gasteiger partial charge on any atom is -0.419 e. The van der Waals surface area contributed by atoms with Crippen LogP contribution in [0.5, 0.6) is 5.75 Å². The number of rotatable bonds is 2. The molecule has 4 heteroatoms. The fourth-order valence-corrected chi connectivity index (χ4v) is 0.648. The Kier molecular flexibility index (Phi) is 2.29. The lowest BCUT2D eigenvalue weighted by atomic mass is 10.3. The van der Waals surface area contributed by atoms with E-state index in [0.29, 0.717) is 0 Å². The summed E-state index contributed by atoms with van der Waals surface area (Å²) in [5.41, 5.74) is -3.65. The zero-order chi connectivity index (χ0) is 8.32. The molecular formula is C7H4ClF2O. The van der Waals surface area contributed by atoms with Gasteiger partial charge in [0.2, 0.25) is 0 Å². The maximum absolute atomic E-state index is 11.9. The molecule has 0 amide bonds. The monoisotopic (exact) mass is 177 g/mol. The van der Waals surface area contributed by atoms with Crippen LogP contribution in [-0.2, 0) is 0 Å². The predicted octanol–water partition coefficient (Wildman–Crippen LogP) is 2.65. The molecule has 0 unspecified atom stereocenters. The summed E-state index contributed by atoms with van der Waals surface area (Å²) < 4.78 is 27.8. The standard InChI is InChI=1S/C7H4ClF2O/c8-7(9,10)11-6-4-2-1-3-5-6/h1-4H. The van der Waals surface area contributed by atoms with Gasteiger partial charge in [-0.1, -0.05) is 18.2 Å². The smallest absolute Gasteiger partial charge is 0.419 e. The Morgan fingerprint density at radius 3 is 2.64 bits per heavy atom. The van der Waals surface area contributed by atoms with Gasteiger partial charge in [0.25, 0.3) is 0 Å². The molecule has 59 valence electrons. The zero-order valence-corrected chi connectivity index (χ0v) is 6.11. The second-order valence-electron chi connectivity index (χ2n) is 1.77. The fraction of sp³-hybridized carbons (Fsp3) is 0.143. The molecule has 0 fully saturated rings. The van der Waals surface area contributed by atoms with E-state index in [9.17, 15) is 8.78 Å². The van der Waals surface area contributed by atoms with Crippen LogP contribution in [0.25, 0.3) is 0 Å². The number of benzene rings is 1. The van der Waals surface area contributed by atoms with Gasteiger partial charge in [0, 0.05) is 17.7 Å². The van der Waals surface area contributed by atoms with Gasteiger partial charge in [-0.3, -0.25) is 0 Å². The van der Waals surface area contributed by atoms with E-state index in [2.05, 4.69) is 22.4 Å². The van der Waals surface area contributed by atoms with Gasteiger partial charge in [-0.15, -0.1) is 8.78 Å². The summed E-state index contributed by atoms with van der Waals surface area (Å²) in [6, 6.07) is 8.43. The van der Waals surface area contributed by atoms with Gasteiger partial charge in [-0.25, -0.2) is 0 Å². The lowest BCUT2D eigenvalue weighted by molar-refractivity contribution is -0.0966. The summed E-state index contributed by atoms with van der Waals surface area (Å²) in [6.45, 7) is 0. The molecule has 11 heavy (non-hydrogen) atoms. The summed E-state index contributed by atoms with van der Waals surface area (Å²) in [4.78, 5) is 0. The van der Waals surface area contributed by atoms with Crippen molar-refractivity contribution in [3.05, 3.63) is 30.3 Å². The van der Waals surface area contributed by atoms with Gasteiger partial charge >= 0.3 is 5.57 Å². The SMILES string of the molecule is FC(F)(Cl)Oc1[c]cccc1. The Morgan fingerprint density at radius 1 is 1.45 bits per heavy atom. The van der Waals surface area contributed by atoms with Crippen LogP contribution in [-0.4, -0.2) is 5.57 Å².